The second kappa shape index (κ2) is 14.5. The van der Waals surface area contributed by atoms with Crippen molar-refractivity contribution in [1.82, 2.24) is 10.2 Å². The fraction of sp³-hybridized carbons (Fsp3) is 0.394. The SMILES string of the molecule is CC[C@H](C(=O)NC(C)(C)C)N(Cc1cccc(OC)c1)C(=O)CN(c1ccc(OC)c(OC)c1)S(=O)(=O)c1ccc(C)cc1. The van der Waals surface area contributed by atoms with Crippen LogP contribution in [0.15, 0.2) is 71.6 Å². The molecular weight excluding hydrogens is 582 g/mol. The fourth-order valence-electron chi connectivity index (χ4n) is 4.69. The molecule has 0 bridgehead atoms. The average Bonchev–Trinajstić information content (AvgIpc) is 2.98. The zero-order chi connectivity index (χ0) is 32.7. The molecule has 11 heteroatoms. The number of nitrogens with one attached hydrogen (secondary N) is 1. The van der Waals surface area contributed by atoms with Crippen molar-refractivity contribution in [2.24, 2.45) is 0 Å². The molecule has 238 valence electrons. The number of carbonyl (C=O) groups excluding carboxylic acids is 2. The maximum absolute atomic E-state index is 14.3. The first-order valence-corrected chi connectivity index (χ1v) is 15.7. The molecule has 0 spiro atoms. The summed E-state index contributed by atoms with van der Waals surface area (Å²) >= 11 is 0. The van der Waals surface area contributed by atoms with E-state index in [9.17, 15) is 18.0 Å². The lowest BCUT2D eigenvalue weighted by atomic mass is 10.1. The van der Waals surface area contributed by atoms with Crippen LogP contribution in [0, 0.1) is 6.92 Å². The number of benzene rings is 3. The summed E-state index contributed by atoms with van der Waals surface area (Å²) in [7, 11) is 0.230. The highest BCUT2D eigenvalue weighted by molar-refractivity contribution is 7.92. The zero-order valence-corrected chi connectivity index (χ0v) is 27.5. The molecule has 3 aromatic carbocycles. The van der Waals surface area contributed by atoms with Gasteiger partial charge in [0.05, 0.1) is 31.9 Å². The molecule has 0 aliphatic rings. The van der Waals surface area contributed by atoms with Crippen LogP contribution in [0.2, 0.25) is 0 Å². The minimum atomic E-state index is -4.24. The van der Waals surface area contributed by atoms with E-state index in [1.54, 1.807) is 49.6 Å². The number of amides is 2. The van der Waals surface area contributed by atoms with Crippen LogP contribution in [0.25, 0.3) is 0 Å². The molecule has 0 heterocycles. The lowest BCUT2D eigenvalue weighted by Gasteiger charge is -2.35. The summed E-state index contributed by atoms with van der Waals surface area (Å²) < 4.78 is 45.5. The Morgan fingerprint density at radius 1 is 0.886 bits per heavy atom. The Balaban J connectivity index is 2.14. The van der Waals surface area contributed by atoms with Crippen LogP contribution in [0.3, 0.4) is 0 Å². The van der Waals surface area contributed by atoms with Gasteiger partial charge in [0.25, 0.3) is 10.0 Å². The highest BCUT2D eigenvalue weighted by atomic mass is 32.2. The first-order valence-electron chi connectivity index (χ1n) is 14.3. The van der Waals surface area contributed by atoms with Gasteiger partial charge in [-0.2, -0.15) is 0 Å². The molecule has 3 aromatic rings. The van der Waals surface area contributed by atoms with Crippen molar-refractivity contribution in [2.75, 3.05) is 32.2 Å². The second-order valence-corrected chi connectivity index (χ2v) is 13.3. The van der Waals surface area contributed by atoms with E-state index in [4.69, 9.17) is 14.2 Å². The van der Waals surface area contributed by atoms with E-state index < -0.39 is 34.1 Å². The summed E-state index contributed by atoms with van der Waals surface area (Å²) in [5.41, 5.74) is 1.26. The Labute approximate surface area is 261 Å². The van der Waals surface area contributed by atoms with E-state index in [2.05, 4.69) is 5.32 Å². The Bertz CT molecular complexity index is 1550. The van der Waals surface area contributed by atoms with Crippen LogP contribution in [0.1, 0.15) is 45.2 Å². The van der Waals surface area contributed by atoms with Crippen molar-refractivity contribution in [3.05, 3.63) is 77.9 Å². The van der Waals surface area contributed by atoms with Gasteiger partial charge in [0.2, 0.25) is 11.8 Å². The van der Waals surface area contributed by atoms with Gasteiger partial charge in [-0.25, -0.2) is 8.42 Å². The van der Waals surface area contributed by atoms with Gasteiger partial charge in [-0.05, 0) is 76.1 Å². The summed E-state index contributed by atoms with van der Waals surface area (Å²) in [4.78, 5) is 29.3. The third kappa shape index (κ3) is 8.43. The third-order valence-electron chi connectivity index (χ3n) is 6.91. The second-order valence-electron chi connectivity index (χ2n) is 11.4. The molecule has 1 N–H and O–H groups in total. The highest BCUT2D eigenvalue weighted by Gasteiger charge is 2.35. The van der Waals surface area contributed by atoms with Crippen LogP contribution in [-0.4, -0.2) is 64.6 Å². The smallest absolute Gasteiger partial charge is 0.264 e. The monoisotopic (exact) mass is 625 g/mol. The van der Waals surface area contributed by atoms with E-state index in [0.717, 1.165) is 15.4 Å². The molecule has 0 aromatic heterocycles. The summed E-state index contributed by atoms with van der Waals surface area (Å²) in [5.74, 6) is 0.395. The van der Waals surface area contributed by atoms with Crippen molar-refractivity contribution in [1.29, 1.82) is 0 Å². The van der Waals surface area contributed by atoms with E-state index in [1.807, 2.05) is 40.7 Å². The van der Waals surface area contributed by atoms with Gasteiger partial charge in [0.15, 0.2) is 11.5 Å². The molecule has 3 rings (SSSR count). The first kappa shape index (κ1) is 34.2. The van der Waals surface area contributed by atoms with Gasteiger partial charge in [-0.15, -0.1) is 0 Å². The molecule has 0 fully saturated rings. The Morgan fingerprint density at radius 3 is 2.11 bits per heavy atom. The predicted octanol–water partition coefficient (Wildman–Crippen LogP) is 4.94. The molecule has 0 aliphatic carbocycles. The molecule has 0 saturated carbocycles. The number of aryl methyl sites for hydroxylation is 1. The van der Waals surface area contributed by atoms with Gasteiger partial charge in [0.1, 0.15) is 18.3 Å². The largest absolute Gasteiger partial charge is 0.497 e. The van der Waals surface area contributed by atoms with E-state index in [0.29, 0.717) is 23.7 Å². The minimum Gasteiger partial charge on any atom is -0.497 e. The first-order chi connectivity index (χ1) is 20.7. The number of carbonyl (C=O) groups is 2. The normalized spacial score (nSPS) is 12.2. The van der Waals surface area contributed by atoms with E-state index in [1.165, 1.54) is 37.3 Å². The average molecular weight is 626 g/mol. The summed E-state index contributed by atoms with van der Waals surface area (Å²) in [5, 5.41) is 2.97. The number of hydrogen-bond donors (Lipinski definition) is 1. The maximum atomic E-state index is 14.3. The van der Waals surface area contributed by atoms with Gasteiger partial charge in [0, 0.05) is 18.2 Å². The number of anilines is 1. The molecule has 0 saturated heterocycles. The third-order valence-corrected chi connectivity index (χ3v) is 8.70. The number of hydrogen-bond acceptors (Lipinski definition) is 7. The molecular formula is C33H43N3O7S. The van der Waals surface area contributed by atoms with Gasteiger partial charge in [-0.3, -0.25) is 13.9 Å². The standard InChI is InChI=1S/C33H43N3O7S/c1-9-28(32(38)34-33(3,4)5)35(21-24-11-10-12-26(19-24)41-6)31(37)22-36(25-15-18-29(42-7)30(20-25)43-8)44(39,40)27-16-13-23(2)14-17-27/h10-20,28H,9,21-22H2,1-8H3,(H,34,38)/t28-/m1/s1. The van der Waals surface area contributed by atoms with Gasteiger partial charge < -0.3 is 24.4 Å². The van der Waals surface area contributed by atoms with Crippen molar-refractivity contribution in [3.63, 3.8) is 0 Å². The van der Waals surface area contributed by atoms with Crippen molar-refractivity contribution >= 4 is 27.5 Å². The molecule has 44 heavy (non-hydrogen) atoms. The van der Waals surface area contributed by atoms with Crippen molar-refractivity contribution in [3.8, 4) is 17.2 Å². The minimum absolute atomic E-state index is 0.0162. The summed E-state index contributed by atoms with van der Waals surface area (Å²) in [6, 6.07) is 17.3. The highest BCUT2D eigenvalue weighted by Crippen LogP contribution is 2.34. The Hall–Kier alpha value is -4.25. The van der Waals surface area contributed by atoms with E-state index >= 15 is 0 Å². The maximum Gasteiger partial charge on any atom is 0.264 e. The van der Waals surface area contributed by atoms with Crippen molar-refractivity contribution in [2.45, 2.75) is 64.1 Å². The van der Waals surface area contributed by atoms with Crippen LogP contribution in [0.5, 0.6) is 17.2 Å². The van der Waals surface area contributed by atoms with Crippen LogP contribution in [0.4, 0.5) is 5.69 Å². The van der Waals surface area contributed by atoms with Gasteiger partial charge >= 0.3 is 0 Å². The lowest BCUT2D eigenvalue weighted by Crippen LogP contribution is -2.55. The quantitative estimate of drug-likeness (QED) is 0.286. The topological polar surface area (TPSA) is 114 Å². The van der Waals surface area contributed by atoms with Crippen LogP contribution < -0.4 is 23.8 Å². The molecule has 10 nitrogen and oxygen atoms in total. The zero-order valence-electron chi connectivity index (χ0n) is 26.7. The lowest BCUT2D eigenvalue weighted by molar-refractivity contribution is -0.141. The van der Waals surface area contributed by atoms with Crippen molar-refractivity contribution < 1.29 is 32.2 Å². The number of rotatable bonds is 13. The van der Waals surface area contributed by atoms with Gasteiger partial charge in [-0.1, -0.05) is 36.8 Å². The number of nitrogens with zero attached hydrogens (tertiary/aromatic N) is 2. The Morgan fingerprint density at radius 2 is 1.55 bits per heavy atom. The summed E-state index contributed by atoms with van der Waals surface area (Å²) in [6.07, 6.45) is 0.304. The molecule has 1 atom stereocenters. The van der Waals surface area contributed by atoms with Crippen LogP contribution >= 0.6 is 0 Å². The summed E-state index contributed by atoms with van der Waals surface area (Å²) in [6.45, 7) is 8.73. The number of ether oxygens (including phenoxy) is 3. The molecule has 0 unspecified atom stereocenters. The van der Waals surface area contributed by atoms with E-state index in [-0.39, 0.29) is 23.0 Å². The number of methoxy groups -OCH3 is 3. The van der Waals surface area contributed by atoms with Crippen LogP contribution in [-0.2, 0) is 26.2 Å². The predicted molar refractivity (Wildman–Crippen MR) is 171 cm³/mol. The fourth-order valence-corrected chi connectivity index (χ4v) is 6.09. The number of sulfonamides is 1. The Kier molecular flexibility index (Phi) is 11.3. The molecule has 0 aliphatic heterocycles. The molecule has 2 amide bonds. The molecule has 0 radical (unpaired) electrons.